The molecule has 0 radical (unpaired) electrons. The third kappa shape index (κ3) is 2.50. The van der Waals surface area contributed by atoms with Crippen LogP contribution in [-0.4, -0.2) is 37.6 Å². The van der Waals surface area contributed by atoms with E-state index in [1.807, 2.05) is 0 Å². The van der Waals surface area contributed by atoms with Crippen molar-refractivity contribution in [3.8, 4) is 0 Å². The Labute approximate surface area is 62.9 Å². The molecule has 1 aliphatic heterocycles. The highest BCUT2D eigenvalue weighted by Crippen LogP contribution is 1.91. The molecule has 0 aromatic carbocycles. The Morgan fingerprint density at radius 1 is 1.40 bits per heavy atom. The summed E-state index contributed by atoms with van der Waals surface area (Å²) in [6, 6.07) is 0. The molecule has 2 heteroatoms. The van der Waals surface area contributed by atoms with E-state index in [1.54, 1.807) is 0 Å². The van der Waals surface area contributed by atoms with Crippen molar-refractivity contribution < 1.29 is 0 Å². The molecule has 1 saturated heterocycles. The second kappa shape index (κ2) is 4.47. The maximum absolute atomic E-state index is 3.33. The molecule has 58 valence electrons. The van der Waals surface area contributed by atoms with Crippen LogP contribution in [0.5, 0.6) is 0 Å². The van der Waals surface area contributed by atoms with Crippen LogP contribution in [0.3, 0.4) is 0 Å². The summed E-state index contributed by atoms with van der Waals surface area (Å²) in [5.41, 5.74) is 0. The lowest BCUT2D eigenvalue weighted by Crippen LogP contribution is -2.43. The Balaban J connectivity index is 2.13. The van der Waals surface area contributed by atoms with Crippen LogP contribution >= 0.6 is 0 Å². The Hall–Kier alpha value is -0.340. The van der Waals surface area contributed by atoms with Crippen molar-refractivity contribution in [3.05, 3.63) is 12.2 Å². The molecule has 0 atom stereocenters. The average molecular weight is 140 g/mol. The van der Waals surface area contributed by atoms with E-state index in [2.05, 4.69) is 29.3 Å². The minimum absolute atomic E-state index is 1.12. The summed E-state index contributed by atoms with van der Waals surface area (Å²) < 4.78 is 0. The van der Waals surface area contributed by atoms with Crippen LogP contribution in [0.4, 0.5) is 0 Å². The monoisotopic (exact) mass is 140 g/mol. The number of piperazine rings is 1. The molecular weight excluding hydrogens is 124 g/mol. The fraction of sp³-hybridized carbons (Fsp3) is 0.750. The lowest BCUT2D eigenvalue weighted by atomic mass is 10.3. The molecule has 0 amide bonds. The van der Waals surface area contributed by atoms with Gasteiger partial charge in [-0.3, -0.25) is 4.90 Å². The van der Waals surface area contributed by atoms with Crippen LogP contribution in [0.2, 0.25) is 0 Å². The van der Waals surface area contributed by atoms with Crippen LogP contribution < -0.4 is 5.32 Å². The highest BCUT2D eigenvalue weighted by atomic mass is 15.2. The first-order valence-electron chi connectivity index (χ1n) is 3.97. The van der Waals surface area contributed by atoms with E-state index in [0.717, 1.165) is 19.6 Å². The molecule has 0 spiro atoms. The third-order valence-electron chi connectivity index (χ3n) is 1.81. The lowest BCUT2D eigenvalue weighted by Gasteiger charge is -2.25. The van der Waals surface area contributed by atoms with Gasteiger partial charge in [-0.25, -0.2) is 0 Å². The minimum Gasteiger partial charge on any atom is -0.314 e. The molecule has 1 fully saturated rings. The Kier molecular flexibility index (Phi) is 3.47. The van der Waals surface area contributed by atoms with E-state index in [9.17, 15) is 0 Å². The summed E-state index contributed by atoms with van der Waals surface area (Å²) in [6.07, 6.45) is 4.33. The van der Waals surface area contributed by atoms with Crippen LogP contribution in [0.25, 0.3) is 0 Å². The Bertz CT molecular complexity index is 104. The minimum atomic E-state index is 1.12. The van der Waals surface area contributed by atoms with Gasteiger partial charge in [-0.15, -0.1) is 0 Å². The first-order chi connectivity index (χ1) is 4.93. The van der Waals surface area contributed by atoms with Crippen molar-refractivity contribution in [2.75, 3.05) is 32.7 Å². The van der Waals surface area contributed by atoms with Gasteiger partial charge in [0.2, 0.25) is 0 Å². The molecule has 2 nitrogen and oxygen atoms in total. The van der Waals surface area contributed by atoms with Crippen molar-refractivity contribution in [1.29, 1.82) is 0 Å². The number of hydrogen-bond acceptors (Lipinski definition) is 2. The SMILES string of the molecule is CC=CCN1CCNCC1. The van der Waals surface area contributed by atoms with Crippen LogP contribution in [-0.2, 0) is 0 Å². The number of rotatable bonds is 2. The summed E-state index contributed by atoms with van der Waals surface area (Å²) >= 11 is 0. The van der Waals surface area contributed by atoms with Crippen LogP contribution in [0.1, 0.15) is 6.92 Å². The predicted molar refractivity (Wildman–Crippen MR) is 44.1 cm³/mol. The van der Waals surface area contributed by atoms with E-state index in [4.69, 9.17) is 0 Å². The topological polar surface area (TPSA) is 15.3 Å². The molecule has 0 aromatic rings. The molecule has 0 saturated carbocycles. The van der Waals surface area contributed by atoms with Crippen molar-refractivity contribution >= 4 is 0 Å². The highest BCUT2D eigenvalue weighted by Gasteiger charge is 2.05. The number of allylic oxidation sites excluding steroid dienone is 1. The predicted octanol–water partition coefficient (Wildman–Crippen LogP) is 0.468. The second-order valence-corrected chi connectivity index (χ2v) is 2.62. The van der Waals surface area contributed by atoms with Crippen molar-refractivity contribution in [3.63, 3.8) is 0 Å². The van der Waals surface area contributed by atoms with Crippen molar-refractivity contribution in [2.24, 2.45) is 0 Å². The Morgan fingerprint density at radius 2 is 2.10 bits per heavy atom. The fourth-order valence-electron chi connectivity index (χ4n) is 1.15. The van der Waals surface area contributed by atoms with E-state index in [0.29, 0.717) is 0 Å². The van der Waals surface area contributed by atoms with Gasteiger partial charge >= 0.3 is 0 Å². The molecule has 1 heterocycles. The summed E-state index contributed by atoms with van der Waals surface area (Å²) in [5, 5.41) is 3.33. The first kappa shape index (κ1) is 7.76. The fourth-order valence-corrected chi connectivity index (χ4v) is 1.15. The van der Waals surface area contributed by atoms with Gasteiger partial charge in [0.25, 0.3) is 0 Å². The van der Waals surface area contributed by atoms with E-state index in [-0.39, 0.29) is 0 Å². The molecule has 1 aliphatic rings. The zero-order chi connectivity index (χ0) is 7.23. The van der Waals surface area contributed by atoms with Gasteiger partial charge in [-0.05, 0) is 6.92 Å². The van der Waals surface area contributed by atoms with Crippen molar-refractivity contribution in [2.45, 2.75) is 6.92 Å². The third-order valence-corrected chi connectivity index (χ3v) is 1.81. The molecule has 1 N–H and O–H groups in total. The standard InChI is InChI=1S/C8H16N2/c1-2-3-6-10-7-4-9-5-8-10/h2-3,9H,4-8H2,1H3. The second-order valence-electron chi connectivity index (χ2n) is 2.62. The number of nitrogens with one attached hydrogen (secondary N) is 1. The number of nitrogens with zero attached hydrogens (tertiary/aromatic N) is 1. The largest absolute Gasteiger partial charge is 0.314 e. The molecule has 0 unspecified atom stereocenters. The molecule has 10 heavy (non-hydrogen) atoms. The zero-order valence-corrected chi connectivity index (χ0v) is 6.64. The maximum Gasteiger partial charge on any atom is 0.0164 e. The van der Waals surface area contributed by atoms with Gasteiger partial charge in [0, 0.05) is 32.7 Å². The smallest absolute Gasteiger partial charge is 0.0164 e. The summed E-state index contributed by atoms with van der Waals surface area (Å²) in [7, 11) is 0. The molecule has 0 aliphatic carbocycles. The maximum atomic E-state index is 3.33. The van der Waals surface area contributed by atoms with E-state index < -0.39 is 0 Å². The summed E-state index contributed by atoms with van der Waals surface area (Å²) in [5.74, 6) is 0. The van der Waals surface area contributed by atoms with Crippen molar-refractivity contribution in [1.82, 2.24) is 10.2 Å². The first-order valence-corrected chi connectivity index (χ1v) is 3.97. The average Bonchev–Trinajstić information content (AvgIpc) is 2.03. The van der Waals surface area contributed by atoms with E-state index >= 15 is 0 Å². The molecular formula is C8H16N2. The molecule has 0 aromatic heterocycles. The van der Waals surface area contributed by atoms with Gasteiger partial charge in [0.15, 0.2) is 0 Å². The molecule has 1 rings (SSSR count). The highest BCUT2D eigenvalue weighted by molar-refractivity contribution is 4.82. The lowest BCUT2D eigenvalue weighted by molar-refractivity contribution is 0.264. The number of hydrogen-bond donors (Lipinski definition) is 1. The zero-order valence-electron chi connectivity index (χ0n) is 6.64. The van der Waals surface area contributed by atoms with E-state index in [1.165, 1.54) is 13.1 Å². The van der Waals surface area contributed by atoms with Gasteiger partial charge in [-0.2, -0.15) is 0 Å². The van der Waals surface area contributed by atoms with Crippen LogP contribution in [0, 0.1) is 0 Å². The normalized spacial score (nSPS) is 22.1. The summed E-state index contributed by atoms with van der Waals surface area (Å²) in [6.45, 7) is 7.89. The van der Waals surface area contributed by atoms with Crippen LogP contribution in [0.15, 0.2) is 12.2 Å². The van der Waals surface area contributed by atoms with Gasteiger partial charge in [0.1, 0.15) is 0 Å². The van der Waals surface area contributed by atoms with Gasteiger partial charge < -0.3 is 5.32 Å². The quantitative estimate of drug-likeness (QED) is 0.561. The summed E-state index contributed by atoms with van der Waals surface area (Å²) in [4.78, 5) is 2.45. The molecule has 0 bridgehead atoms. The van der Waals surface area contributed by atoms with Gasteiger partial charge in [-0.1, -0.05) is 12.2 Å². The van der Waals surface area contributed by atoms with Gasteiger partial charge in [0.05, 0.1) is 0 Å². The Morgan fingerprint density at radius 3 is 2.70 bits per heavy atom.